The first kappa shape index (κ1) is 11.2. The summed E-state index contributed by atoms with van der Waals surface area (Å²) >= 11 is 0. The number of benzene rings is 1. The van der Waals surface area contributed by atoms with E-state index in [9.17, 15) is 4.79 Å². The molecule has 0 spiro atoms. The van der Waals surface area contributed by atoms with Gasteiger partial charge in [-0.05, 0) is 25.0 Å². The Hall–Kier alpha value is -1.94. The number of carbonyl (C=O) groups excluding carboxylic acids is 1. The Morgan fingerprint density at radius 2 is 2.22 bits per heavy atom. The highest BCUT2D eigenvalue weighted by molar-refractivity contribution is 6.02. The third-order valence-electron chi connectivity index (χ3n) is 3.08. The maximum atomic E-state index is 11.8. The molecule has 18 heavy (non-hydrogen) atoms. The minimum Gasteiger partial charge on any atom is -0.324 e. The Balaban J connectivity index is 1.74. The van der Waals surface area contributed by atoms with Crippen LogP contribution in [0.1, 0.15) is 12.8 Å². The predicted octanol–water partition coefficient (Wildman–Crippen LogP) is 1.93. The number of fused-ring (bicyclic) bond motifs is 1. The number of nitrogens with zero attached hydrogens (tertiary/aromatic N) is 1. The second-order valence-corrected chi connectivity index (χ2v) is 4.61. The number of anilines is 1. The van der Waals surface area contributed by atoms with Crippen molar-refractivity contribution < 1.29 is 4.79 Å². The lowest BCUT2D eigenvalue weighted by molar-refractivity contribution is -0.115. The van der Waals surface area contributed by atoms with Crippen LogP contribution in [-0.2, 0) is 4.79 Å². The minimum absolute atomic E-state index is 0.00575. The molecule has 0 saturated heterocycles. The molecule has 1 saturated carbocycles. The summed E-state index contributed by atoms with van der Waals surface area (Å²) in [7, 11) is 0. The van der Waals surface area contributed by atoms with Gasteiger partial charge in [0.2, 0.25) is 5.91 Å². The lowest BCUT2D eigenvalue weighted by Crippen LogP contribution is -2.29. The van der Waals surface area contributed by atoms with E-state index in [4.69, 9.17) is 0 Å². The van der Waals surface area contributed by atoms with Crippen molar-refractivity contribution in [3.8, 4) is 0 Å². The van der Waals surface area contributed by atoms with Gasteiger partial charge in [0, 0.05) is 34.9 Å². The van der Waals surface area contributed by atoms with E-state index in [0.717, 1.165) is 16.5 Å². The van der Waals surface area contributed by atoms with Crippen LogP contribution >= 0.6 is 0 Å². The van der Waals surface area contributed by atoms with E-state index >= 15 is 0 Å². The van der Waals surface area contributed by atoms with E-state index in [0.29, 0.717) is 12.6 Å². The van der Waals surface area contributed by atoms with E-state index in [1.807, 2.05) is 24.3 Å². The Bertz CT molecular complexity index is 573. The highest BCUT2D eigenvalue weighted by Gasteiger charge is 2.21. The summed E-state index contributed by atoms with van der Waals surface area (Å²) in [6.45, 7) is 0.381. The van der Waals surface area contributed by atoms with E-state index in [1.165, 1.54) is 12.8 Å². The van der Waals surface area contributed by atoms with Gasteiger partial charge in [-0.25, -0.2) is 0 Å². The van der Waals surface area contributed by atoms with Crippen molar-refractivity contribution in [2.45, 2.75) is 18.9 Å². The molecule has 1 aliphatic rings. The molecule has 0 radical (unpaired) electrons. The van der Waals surface area contributed by atoms with Crippen molar-refractivity contribution in [3.63, 3.8) is 0 Å². The molecule has 2 aromatic rings. The molecule has 1 aromatic heterocycles. The number of nitrogens with one attached hydrogen (secondary N) is 2. The van der Waals surface area contributed by atoms with Crippen LogP contribution in [-0.4, -0.2) is 23.5 Å². The van der Waals surface area contributed by atoms with Crippen LogP contribution in [0.25, 0.3) is 10.8 Å². The number of amides is 1. The van der Waals surface area contributed by atoms with Crippen LogP contribution in [0, 0.1) is 0 Å². The number of pyridine rings is 1. The number of carbonyl (C=O) groups is 1. The first-order valence-corrected chi connectivity index (χ1v) is 6.19. The second-order valence-electron chi connectivity index (χ2n) is 4.61. The Kier molecular flexibility index (Phi) is 2.94. The van der Waals surface area contributed by atoms with Crippen LogP contribution < -0.4 is 10.6 Å². The molecule has 1 amide bonds. The molecule has 0 atom stereocenters. The average molecular weight is 241 g/mol. The molecule has 92 valence electrons. The van der Waals surface area contributed by atoms with Gasteiger partial charge in [-0.15, -0.1) is 0 Å². The summed E-state index contributed by atoms with van der Waals surface area (Å²) < 4.78 is 0. The van der Waals surface area contributed by atoms with Crippen molar-refractivity contribution in [1.29, 1.82) is 0 Å². The largest absolute Gasteiger partial charge is 0.324 e. The fourth-order valence-electron chi connectivity index (χ4n) is 1.95. The molecule has 0 aliphatic heterocycles. The van der Waals surface area contributed by atoms with Crippen LogP contribution in [0.4, 0.5) is 5.69 Å². The molecular formula is C14H15N3O. The van der Waals surface area contributed by atoms with Gasteiger partial charge in [0.05, 0.1) is 6.54 Å². The molecule has 1 aromatic carbocycles. The van der Waals surface area contributed by atoms with E-state index in [-0.39, 0.29) is 5.91 Å². The summed E-state index contributed by atoms with van der Waals surface area (Å²) in [6.07, 6.45) is 5.91. The summed E-state index contributed by atoms with van der Waals surface area (Å²) in [4.78, 5) is 15.9. The quantitative estimate of drug-likeness (QED) is 0.860. The second kappa shape index (κ2) is 4.74. The number of hydrogen-bond donors (Lipinski definition) is 2. The van der Waals surface area contributed by atoms with Gasteiger partial charge in [-0.2, -0.15) is 0 Å². The van der Waals surface area contributed by atoms with E-state index in [2.05, 4.69) is 15.6 Å². The zero-order valence-electron chi connectivity index (χ0n) is 10.0. The lowest BCUT2D eigenvalue weighted by atomic mass is 10.1. The standard InChI is InChI=1S/C14H15N3O/c18-14(9-16-11-4-5-11)17-13-3-1-2-10-8-15-7-6-12(10)13/h1-3,6-8,11,16H,4-5,9H2,(H,17,18). The van der Waals surface area contributed by atoms with Crippen molar-refractivity contribution in [2.75, 3.05) is 11.9 Å². The zero-order chi connectivity index (χ0) is 12.4. The normalized spacial score (nSPS) is 14.7. The van der Waals surface area contributed by atoms with Gasteiger partial charge in [0.25, 0.3) is 0 Å². The van der Waals surface area contributed by atoms with Gasteiger partial charge in [-0.1, -0.05) is 12.1 Å². The van der Waals surface area contributed by atoms with Crippen molar-refractivity contribution in [1.82, 2.24) is 10.3 Å². The molecule has 4 nitrogen and oxygen atoms in total. The monoisotopic (exact) mass is 241 g/mol. The van der Waals surface area contributed by atoms with Crippen LogP contribution in [0.5, 0.6) is 0 Å². The van der Waals surface area contributed by atoms with Gasteiger partial charge < -0.3 is 10.6 Å². The molecule has 3 rings (SSSR count). The highest BCUT2D eigenvalue weighted by Crippen LogP contribution is 2.22. The van der Waals surface area contributed by atoms with E-state index < -0.39 is 0 Å². The van der Waals surface area contributed by atoms with Gasteiger partial charge >= 0.3 is 0 Å². The van der Waals surface area contributed by atoms with Gasteiger partial charge in [0.1, 0.15) is 0 Å². The molecule has 0 bridgehead atoms. The Morgan fingerprint density at radius 1 is 1.33 bits per heavy atom. The molecule has 0 unspecified atom stereocenters. The topological polar surface area (TPSA) is 54.0 Å². The predicted molar refractivity (Wildman–Crippen MR) is 71.4 cm³/mol. The third kappa shape index (κ3) is 2.49. The first-order valence-electron chi connectivity index (χ1n) is 6.19. The zero-order valence-corrected chi connectivity index (χ0v) is 10.0. The number of hydrogen-bond acceptors (Lipinski definition) is 3. The van der Waals surface area contributed by atoms with Gasteiger partial charge in [-0.3, -0.25) is 9.78 Å². The minimum atomic E-state index is 0.00575. The van der Waals surface area contributed by atoms with Crippen molar-refractivity contribution in [2.24, 2.45) is 0 Å². The highest BCUT2D eigenvalue weighted by atomic mass is 16.1. The third-order valence-corrected chi connectivity index (χ3v) is 3.08. The fourth-order valence-corrected chi connectivity index (χ4v) is 1.95. The SMILES string of the molecule is O=C(CNC1CC1)Nc1cccc2cnccc12. The average Bonchev–Trinajstić information content (AvgIpc) is 3.21. The maximum absolute atomic E-state index is 11.8. The van der Waals surface area contributed by atoms with E-state index in [1.54, 1.807) is 12.4 Å². The van der Waals surface area contributed by atoms with Crippen molar-refractivity contribution in [3.05, 3.63) is 36.7 Å². The summed E-state index contributed by atoms with van der Waals surface area (Å²) in [5.41, 5.74) is 0.845. The summed E-state index contributed by atoms with van der Waals surface area (Å²) in [6, 6.07) is 8.29. The van der Waals surface area contributed by atoms with Crippen molar-refractivity contribution >= 4 is 22.4 Å². The van der Waals surface area contributed by atoms with Crippen LogP contribution in [0.2, 0.25) is 0 Å². The van der Waals surface area contributed by atoms with Gasteiger partial charge in [0.15, 0.2) is 0 Å². The molecule has 1 aliphatic carbocycles. The van der Waals surface area contributed by atoms with Crippen LogP contribution in [0.15, 0.2) is 36.7 Å². The van der Waals surface area contributed by atoms with Crippen LogP contribution in [0.3, 0.4) is 0 Å². The Labute approximate surface area is 105 Å². The molecule has 1 heterocycles. The first-order chi connectivity index (χ1) is 8.83. The fraction of sp³-hybridized carbons (Fsp3) is 0.286. The summed E-state index contributed by atoms with van der Waals surface area (Å²) in [5.74, 6) is 0.00575. The maximum Gasteiger partial charge on any atom is 0.238 e. The molecule has 4 heteroatoms. The molecule has 1 fully saturated rings. The molecule has 2 N–H and O–H groups in total. The Morgan fingerprint density at radius 3 is 3.06 bits per heavy atom. The smallest absolute Gasteiger partial charge is 0.238 e. The number of aromatic nitrogens is 1. The summed E-state index contributed by atoms with van der Waals surface area (Å²) in [5, 5.41) is 8.19. The molecular weight excluding hydrogens is 226 g/mol. The lowest BCUT2D eigenvalue weighted by Gasteiger charge is -2.08. The number of rotatable bonds is 4.